The van der Waals surface area contributed by atoms with Gasteiger partial charge in [0.25, 0.3) is 0 Å². The Balaban J connectivity index is 1.26. The predicted octanol–water partition coefficient (Wildman–Crippen LogP) is 16.0. The molecule has 12 rings (SSSR count). The van der Waals surface area contributed by atoms with Crippen LogP contribution in [0.15, 0.2) is 210 Å². The summed E-state index contributed by atoms with van der Waals surface area (Å²) in [5, 5.41) is -1.37. The van der Waals surface area contributed by atoms with E-state index in [2.05, 4.69) is 0 Å². The molecular weight excluding hydrogens is 689 g/mol. The van der Waals surface area contributed by atoms with Crippen molar-refractivity contribution in [2.75, 3.05) is 0 Å². The minimum Gasteiger partial charge on any atom is -0.456 e. The molecule has 1 heterocycles. The molecule has 0 aliphatic heterocycles. The SMILES string of the molecule is [2H]c1c([2H])c([2H])c2c(-c3c4c([2H])c([2H])c([2H])c([2H])c4c(-c4c([2H])c([2H])c([2H])c5c([2H])c(-c6ccc7oc8cccc(-c9cccc%10ccccc9%10)c8c7c6)c([2H])c([2H])c45)c4c([2H])c([2H])c([2H])c([2H])c34)c([2H])c([2H])c([2H])c2c1[2H]. The normalized spacial score (nSPS) is 17.0. The number of hydrogen-bond donors (Lipinski definition) is 0. The molecule has 11 aromatic carbocycles. The van der Waals surface area contributed by atoms with Crippen LogP contribution in [0.1, 0.15) is 28.8 Å². The summed E-state index contributed by atoms with van der Waals surface area (Å²) in [5.41, 5.74) is 0.323. The molecule has 0 N–H and O–H groups in total. The van der Waals surface area contributed by atoms with Crippen LogP contribution >= 0.6 is 0 Å². The van der Waals surface area contributed by atoms with E-state index in [4.69, 9.17) is 18.1 Å². The number of furan rings is 1. The van der Waals surface area contributed by atoms with E-state index in [9.17, 15) is 15.1 Å². The van der Waals surface area contributed by atoms with E-state index < -0.39 is 192 Å². The van der Waals surface area contributed by atoms with Gasteiger partial charge in [-0.25, -0.2) is 0 Å². The highest BCUT2D eigenvalue weighted by atomic mass is 16.3. The molecule has 0 aliphatic rings. The standard InChI is InChI=1S/C56H34O/c1-3-18-40-35(13-1)15-9-24-43(40)46-27-12-28-53-56(46)51-34-38(30-32-52(51)57-53)37-29-31-42-39(33-37)17-11-26-45(42)55-49-22-7-5-20-47(49)54(48-21-6-8-23-50(48)55)44-25-10-16-36-14-2-4-19-41(36)44/h1-34H/i2D,4D,5D,6D,7D,8D,10D,11D,14D,16D,17D,19D,20D,21D,22D,23D,25D,26D,29D,31D,33D. The molecule has 0 saturated carbocycles. The van der Waals surface area contributed by atoms with Crippen molar-refractivity contribution in [2.45, 2.75) is 0 Å². The fourth-order valence-electron chi connectivity index (χ4n) is 8.03. The Bertz CT molecular complexity index is 4720. The summed E-state index contributed by atoms with van der Waals surface area (Å²) in [6.45, 7) is 0. The maximum atomic E-state index is 9.89. The number of fused-ring (bicyclic) bond motifs is 8. The first kappa shape index (κ1) is 17.5. The molecule has 0 radical (unpaired) electrons. The molecule has 0 fully saturated rings. The molecule has 0 bridgehead atoms. The van der Waals surface area contributed by atoms with E-state index in [0.29, 0.717) is 21.9 Å². The summed E-state index contributed by atoms with van der Waals surface area (Å²) in [5.74, 6) is 0. The van der Waals surface area contributed by atoms with Crippen molar-refractivity contribution in [1.29, 1.82) is 0 Å². The molecule has 264 valence electrons. The average Bonchev–Trinajstić information content (AvgIpc) is 3.97. The Morgan fingerprint density at radius 1 is 0.333 bits per heavy atom. The topological polar surface area (TPSA) is 13.1 Å². The molecular formula is C56H34O. The van der Waals surface area contributed by atoms with E-state index in [0.717, 1.165) is 21.9 Å². The third-order valence-electron chi connectivity index (χ3n) is 10.5. The van der Waals surface area contributed by atoms with Gasteiger partial charge in [-0.1, -0.05) is 182 Å². The van der Waals surface area contributed by atoms with Crippen molar-refractivity contribution in [1.82, 2.24) is 0 Å². The molecule has 0 spiro atoms. The van der Waals surface area contributed by atoms with Crippen LogP contribution < -0.4 is 0 Å². The maximum Gasteiger partial charge on any atom is 0.136 e. The van der Waals surface area contributed by atoms with Crippen LogP contribution in [0.4, 0.5) is 0 Å². The summed E-state index contributed by atoms with van der Waals surface area (Å²) in [6.07, 6.45) is 0. The largest absolute Gasteiger partial charge is 0.456 e. The van der Waals surface area contributed by atoms with Gasteiger partial charge in [-0.2, -0.15) is 0 Å². The van der Waals surface area contributed by atoms with E-state index in [1.165, 1.54) is 0 Å². The van der Waals surface area contributed by atoms with Crippen LogP contribution in [0.3, 0.4) is 0 Å². The van der Waals surface area contributed by atoms with Gasteiger partial charge in [-0.05, 0) is 123 Å². The van der Waals surface area contributed by atoms with Gasteiger partial charge in [-0.15, -0.1) is 0 Å². The lowest BCUT2D eigenvalue weighted by atomic mass is 9.83. The highest BCUT2D eigenvalue weighted by molar-refractivity contribution is 6.25. The van der Waals surface area contributed by atoms with Gasteiger partial charge in [0.1, 0.15) is 11.2 Å². The second-order valence-electron chi connectivity index (χ2n) is 13.5. The van der Waals surface area contributed by atoms with Crippen molar-refractivity contribution >= 4 is 75.8 Å². The first-order chi connectivity index (χ1) is 37.0. The van der Waals surface area contributed by atoms with Crippen molar-refractivity contribution in [3.8, 4) is 44.5 Å². The van der Waals surface area contributed by atoms with Gasteiger partial charge in [-0.3, -0.25) is 0 Å². The first-order valence-electron chi connectivity index (χ1n) is 28.5. The van der Waals surface area contributed by atoms with Crippen LogP contribution in [-0.4, -0.2) is 0 Å². The third-order valence-corrected chi connectivity index (χ3v) is 10.5. The van der Waals surface area contributed by atoms with Gasteiger partial charge in [0, 0.05) is 10.8 Å². The van der Waals surface area contributed by atoms with E-state index in [-0.39, 0.29) is 11.1 Å². The highest BCUT2D eigenvalue weighted by Gasteiger charge is 2.20. The molecule has 1 heteroatoms. The maximum absolute atomic E-state index is 9.89. The average molecular weight is 744 g/mol. The summed E-state index contributed by atoms with van der Waals surface area (Å²) in [7, 11) is 0. The molecule has 1 aromatic heterocycles. The molecule has 0 atom stereocenters. The first-order valence-corrected chi connectivity index (χ1v) is 18.0. The van der Waals surface area contributed by atoms with Crippen LogP contribution in [0, 0.1) is 0 Å². The van der Waals surface area contributed by atoms with Gasteiger partial charge < -0.3 is 4.42 Å². The van der Waals surface area contributed by atoms with Crippen molar-refractivity contribution in [3.05, 3.63) is 206 Å². The quantitative estimate of drug-likeness (QED) is 0.164. The molecule has 0 aliphatic carbocycles. The summed E-state index contributed by atoms with van der Waals surface area (Å²) < 4.78 is 200. The summed E-state index contributed by atoms with van der Waals surface area (Å²) >= 11 is 0. The van der Waals surface area contributed by atoms with E-state index in [1.54, 1.807) is 18.2 Å². The van der Waals surface area contributed by atoms with Gasteiger partial charge in [0.2, 0.25) is 0 Å². The highest BCUT2D eigenvalue weighted by Crippen LogP contribution is 2.47. The lowest BCUT2D eigenvalue weighted by molar-refractivity contribution is 0.669. The second-order valence-corrected chi connectivity index (χ2v) is 13.5. The zero-order chi connectivity index (χ0) is 55.7. The van der Waals surface area contributed by atoms with E-state index in [1.807, 2.05) is 60.7 Å². The van der Waals surface area contributed by atoms with Crippen LogP contribution in [0.2, 0.25) is 0 Å². The van der Waals surface area contributed by atoms with Crippen molar-refractivity contribution in [3.63, 3.8) is 0 Å². The Labute approximate surface area is 359 Å². The minimum absolute atomic E-state index is 0.166. The fourth-order valence-corrected chi connectivity index (χ4v) is 8.03. The molecule has 0 saturated heterocycles. The zero-order valence-corrected chi connectivity index (χ0v) is 29.4. The molecule has 57 heavy (non-hydrogen) atoms. The van der Waals surface area contributed by atoms with Crippen LogP contribution in [-0.2, 0) is 0 Å². The lowest BCUT2D eigenvalue weighted by Crippen LogP contribution is -1.92. The predicted molar refractivity (Wildman–Crippen MR) is 243 cm³/mol. The van der Waals surface area contributed by atoms with Crippen LogP contribution in [0.25, 0.3) is 120 Å². The summed E-state index contributed by atoms with van der Waals surface area (Å²) in [4.78, 5) is 0. The number of rotatable bonds is 4. The molecule has 12 aromatic rings. The van der Waals surface area contributed by atoms with Crippen molar-refractivity contribution < 1.29 is 33.2 Å². The lowest BCUT2D eigenvalue weighted by Gasteiger charge is -2.19. The monoisotopic (exact) mass is 743 g/mol. The Hall–Kier alpha value is -7.48. The Morgan fingerprint density at radius 2 is 0.930 bits per heavy atom. The van der Waals surface area contributed by atoms with Gasteiger partial charge in [0.05, 0.1) is 28.8 Å². The fraction of sp³-hybridized carbons (Fsp3) is 0. The Morgan fingerprint density at radius 3 is 1.68 bits per heavy atom. The molecule has 1 nitrogen and oxygen atoms in total. The zero-order valence-electron chi connectivity index (χ0n) is 50.4. The molecule has 0 unspecified atom stereocenters. The van der Waals surface area contributed by atoms with Gasteiger partial charge >= 0.3 is 0 Å². The van der Waals surface area contributed by atoms with Gasteiger partial charge in [0.15, 0.2) is 0 Å². The Kier molecular flexibility index (Phi) is 3.86. The molecule has 0 amide bonds. The van der Waals surface area contributed by atoms with Crippen molar-refractivity contribution in [2.24, 2.45) is 0 Å². The summed E-state index contributed by atoms with van der Waals surface area (Å²) in [6, 6.07) is 6.79. The number of hydrogen-bond acceptors (Lipinski definition) is 1. The number of benzene rings is 11. The second kappa shape index (κ2) is 12.5. The van der Waals surface area contributed by atoms with E-state index >= 15 is 0 Å². The minimum atomic E-state index is -0.918. The van der Waals surface area contributed by atoms with Crippen LogP contribution in [0.5, 0.6) is 0 Å². The third kappa shape index (κ3) is 4.89. The smallest absolute Gasteiger partial charge is 0.136 e.